The molecule has 0 spiro atoms. The highest BCUT2D eigenvalue weighted by Gasteiger charge is 2.45. The summed E-state index contributed by atoms with van der Waals surface area (Å²) in [4.78, 5) is 14.8. The first-order valence-electron chi connectivity index (χ1n) is 7.41. The molecule has 1 aromatic carbocycles. The van der Waals surface area contributed by atoms with Crippen LogP contribution >= 0.6 is 22.6 Å². The molecule has 0 amide bonds. The maximum Gasteiger partial charge on any atom is 0.338 e. The summed E-state index contributed by atoms with van der Waals surface area (Å²) in [5.41, 5.74) is 0.629. The van der Waals surface area contributed by atoms with Gasteiger partial charge in [-0.2, -0.15) is 0 Å². The van der Waals surface area contributed by atoms with Gasteiger partial charge in [-0.05, 0) is 66.7 Å². The second-order valence-corrected chi connectivity index (χ2v) is 7.21. The van der Waals surface area contributed by atoms with E-state index >= 15 is 0 Å². The minimum atomic E-state index is -0.216. The molecule has 1 aromatic rings. The van der Waals surface area contributed by atoms with Gasteiger partial charge in [0.1, 0.15) is 6.10 Å². The summed E-state index contributed by atoms with van der Waals surface area (Å²) in [6, 6.07) is 8.53. The number of hydrogen-bond donors (Lipinski definition) is 0. The smallest absolute Gasteiger partial charge is 0.338 e. The van der Waals surface area contributed by atoms with E-state index in [-0.39, 0.29) is 18.0 Å². The van der Waals surface area contributed by atoms with Crippen LogP contribution in [0.25, 0.3) is 0 Å². The van der Waals surface area contributed by atoms with Crippen molar-refractivity contribution in [2.45, 2.75) is 37.5 Å². The van der Waals surface area contributed by atoms with Gasteiger partial charge in [0, 0.05) is 28.0 Å². The Kier molecular flexibility index (Phi) is 4.36. The summed E-state index contributed by atoms with van der Waals surface area (Å²) < 4.78 is 6.93. The number of carbonyl (C=O) groups excluding carboxylic acids is 1. The normalized spacial score (nSPS) is 31.9. The number of rotatable bonds is 3. The molecule has 0 radical (unpaired) electrons. The van der Waals surface area contributed by atoms with E-state index in [1.165, 1.54) is 12.8 Å². The molecule has 0 aliphatic carbocycles. The van der Waals surface area contributed by atoms with Crippen LogP contribution in [0.3, 0.4) is 0 Å². The number of nitrogens with zero attached hydrogens (tertiary/aromatic N) is 1. The first-order chi connectivity index (χ1) is 10.1. The zero-order valence-corrected chi connectivity index (χ0v) is 14.3. The Hall–Kier alpha value is -0.880. The van der Waals surface area contributed by atoms with Crippen molar-refractivity contribution in [1.29, 1.82) is 0 Å². The maximum atomic E-state index is 12.3. The van der Waals surface area contributed by atoms with Gasteiger partial charge in [-0.15, -0.1) is 6.58 Å². The van der Waals surface area contributed by atoms with Crippen LogP contribution < -0.4 is 0 Å². The Labute approximate surface area is 139 Å². The van der Waals surface area contributed by atoms with Crippen LogP contribution in [0.1, 0.15) is 29.6 Å². The lowest BCUT2D eigenvalue weighted by Crippen LogP contribution is -2.49. The third-order valence-corrected chi connectivity index (χ3v) is 5.60. The largest absolute Gasteiger partial charge is 0.458 e. The molecule has 0 aromatic heterocycles. The number of halogens is 1. The summed E-state index contributed by atoms with van der Waals surface area (Å²) in [7, 11) is 2.18. The van der Waals surface area contributed by atoms with Gasteiger partial charge in [0.2, 0.25) is 0 Å². The molecule has 4 heteroatoms. The third kappa shape index (κ3) is 2.88. The molecule has 4 atom stereocenters. The molecule has 3 rings (SSSR count). The highest BCUT2D eigenvalue weighted by atomic mass is 127. The van der Waals surface area contributed by atoms with Crippen molar-refractivity contribution < 1.29 is 9.53 Å². The molecule has 21 heavy (non-hydrogen) atoms. The molecule has 2 fully saturated rings. The van der Waals surface area contributed by atoms with Crippen LogP contribution in [-0.4, -0.2) is 36.1 Å². The third-order valence-electron chi connectivity index (χ3n) is 4.88. The summed E-state index contributed by atoms with van der Waals surface area (Å²) in [5.74, 6) is 0.0220. The van der Waals surface area contributed by atoms with E-state index in [1.54, 1.807) is 0 Å². The molecule has 2 aliphatic heterocycles. The molecule has 0 saturated carbocycles. The first kappa shape index (κ1) is 15.0. The predicted molar refractivity (Wildman–Crippen MR) is 91.2 cm³/mol. The van der Waals surface area contributed by atoms with Gasteiger partial charge in [0.25, 0.3) is 0 Å². The zero-order chi connectivity index (χ0) is 15.0. The van der Waals surface area contributed by atoms with E-state index in [4.69, 9.17) is 4.74 Å². The Bertz CT molecular complexity index is 542. The van der Waals surface area contributed by atoms with Crippen LogP contribution in [0.2, 0.25) is 0 Å². The van der Waals surface area contributed by atoms with Gasteiger partial charge in [0.15, 0.2) is 0 Å². The van der Waals surface area contributed by atoms with Crippen LogP contribution in [0, 0.1) is 9.49 Å². The molecular formula is C17H20INO2. The van der Waals surface area contributed by atoms with Crippen molar-refractivity contribution in [2.75, 3.05) is 7.05 Å². The van der Waals surface area contributed by atoms with Crippen LogP contribution in [0.5, 0.6) is 0 Å². The molecule has 0 N–H and O–H groups in total. The van der Waals surface area contributed by atoms with Gasteiger partial charge in [-0.25, -0.2) is 4.79 Å². The van der Waals surface area contributed by atoms with E-state index < -0.39 is 0 Å². The van der Waals surface area contributed by atoms with Crippen molar-refractivity contribution in [1.82, 2.24) is 4.90 Å². The summed E-state index contributed by atoms with van der Waals surface area (Å²) >= 11 is 2.23. The van der Waals surface area contributed by atoms with Crippen LogP contribution in [0.15, 0.2) is 36.9 Å². The number of ether oxygens (including phenoxy) is 1. The van der Waals surface area contributed by atoms with Gasteiger partial charge in [-0.1, -0.05) is 6.08 Å². The van der Waals surface area contributed by atoms with Crippen molar-refractivity contribution >= 4 is 28.6 Å². The highest BCUT2D eigenvalue weighted by Crippen LogP contribution is 2.40. The lowest BCUT2D eigenvalue weighted by atomic mass is 9.87. The molecule has 2 heterocycles. The van der Waals surface area contributed by atoms with E-state index in [0.29, 0.717) is 17.6 Å². The quantitative estimate of drug-likeness (QED) is 0.445. The van der Waals surface area contributed by atoms with Gasteiger partial charge < -0.3 is 4.74 Å². The van der Waals surface area contributed by atoms with Crippen molar-refractivity contribution in [3.05, 3.63) is 46.1 Å². The molecule has 3 nitrogen and oxygen atoms in total. The topological polar surface area (TPSA) is 29.5 Å². The zero-order valence-electron chi connectivity index (χ0n) is 12.2. The van der Waals surface area contributed by atoms with Crippen LogP contribution in [-0.2, 0) is 4.74 Å². The average Bonchev–Trinajstić information content (AvgIpc) is 2.72. The first-order valence-corrected chi connectivity index (χ1v) is 8.49. The number of esters is 1. The molecule has 2 saturated heterocycles. The number of fused-ring (bicyclic) bond motifs is 2. The van der Waals surface area contributed by atoms with Crippen LogP contribution in [0.4, 0.5) is 0 Å². The summed E-state index contributed by atoms with van der Waals surface area (Å²) in [6.45, 7) is 3.96. The fourth-order valence-corrected chi connectivity index (χ4v) is 4.05. The monoisotopic (exact) mass is 397 g/mol. The summed E-state index contributed by atoms with van der Waals surface area (Å²) in [5, 5.41) is 0. The lowest BCUT2D eigenvalue weighted by molar-refractivity contribution is -0.0207. The van der Waals surface area contributed by atoms with E-state index in [0.717, 1.165) is 9.99 Å². The van der Waals surface area contributed by atoms with Crippen molar-refractivity contribution in [3.63, 3.8) is 0 Å². The Morgan fingerprint density at radius 3 is 2.76 bits per heavy atom. The molecule has 2 bridgehead atoms. The lowest BCUT2D eigenvalue weighted by Gasteiger charge is -2.41. The summed E-state index contributed by atoms with van der Waals surface area (Å²) in [6.07, 6.45) is 5.22. The molecular weight excluding hydrogens is 377 g/mol. The van der Waals surface area contributed by atoms with E-state index in [9.17, 15) is 4.79 Å². The number of hydrogen-bond acceptors (Lipinski definition) is 3. The predicted octanol–water partition coefficient (Wildman–Crippen LogP) is 3.49. The standard InChI is InChI=1S/C17H20INO2/c1-3-14-15-9-8-13(19(15)2)10-16(14)21-17(20)11-4-6-12(18)7-5-11/h3-7,13-16H,1,8-10H2,2H3/t13-,14+,15+,16-/m0/s1. The minimum absolute atomic E-state index is 0.0389. The second-order valence-electron chi connectivity index (χ2n) is 5.96. The Morgan fingerprint density at radius 1 is 1.38 bits per heavy atom. The number of benzene rings is 1. The second kappa shape index (κ2) is 6.08. The molecule has 2 aliphatic rings. The maximum absolute atomic E-state index is 12.3. The van der Waals surface area contributed by atoms with E-state index in [2.05, 4.69) is 41.1 Å². The fraction of sp³-hybridized carbons (Fsp3) is 0.471. The fourth-order valence-electron chi connectivity index (χ4n) is 3.69. The number of piperidine rings is 1. The SMILES string of the molecule is C=C[C@H]1[C@@H](OC(=O)c2ccc(I)cc2)C[C@@H]2CC[C@H]1N2C. The van der Waals surface area contributed by atoms with Crippen molar-refractivity contribution in [2.24, 2.45) is 5.92 Å². The molecule has 112 valence electrons. The Balaban J connectivity index is 1.73. The van der Waals surface area contributed by atoms with Gasteiger partial charge in [-0.3, -0.25) is 4.90 Å². The Morgan fingerprint density at radius 2 is 2.10 bits per heavy atom. The van der Waals surface area contributed by atoms with E-state index in [1.807, 2.05) is 30.3 Å². The highest BCUT2D eigenvalue weighted by molar-refractivity contribution is 14.1. The van der Waals surface area contributed by atoms with Crippen molar-refractivity contribution in [3.8, 4) is 0 Å². The molecule has 0 unspecified atom stereocenters. The minimum Gasteiger partial charge on any atom is -0.458 e. The van der Waals surface area contributed by atoms with Gasteiger partial charge in [0.05, 0.1) is 5.56 Å². The van der Waals surface area contributed by atoms with Gasteiger partial charge >= 0.3 is 5.97 Å². The average molecular weight is 397 g/mol. The number of carbonyl (C=O) groups is 1.